The number of methoxy groups -OCH3 is 1. The molecule has 0 bridgehead atoms. The van der Waals surface area contributed by atoms with Gasteiger partial charge in [0.2, 0.25) is 0 Å². The lowest BCUT2D eigenvalue weighted by Crippen LogP contribution is -2.13. The SMILES string of the molecule is COc1cccc(C(=O)Nc2ccc(C(=O)Nc3cccc(C)c3)cc2)c1. The maximum absolute atomic E-state index is 12.3. The van der Waals surface area contributed by atoms with E-state index in [9.17, 15) is 9.59 Å². The van der Waals surface area contributed by atoms with E-state index in [1.54, 1.807) is 55.6 Å². The van der Waals surface area contributed by atoms with Gasteiger partial charge >= 0.3 is 0 Å². The molecule has 0 atom stereocenters. The number of ether oxygens (including phenoxy) is 1. The first-order valence-corrected chi connectivity index (χ1v) is 8.48. The number of rotatable bonds is 5. The number of carbonyl (C=O) groups is 2. The lowest BCUT2D eigenvalue weighted by Gasteiger charge is -2.09. The fraction of sp³-hybridized carbons (Fsp3) is 0.0909. The second-order valence-corrected chi connectivity index (χ2v) is 6.09. The van der Waals surface area contributed by atoms with Crippen molar-refractivity contribution in [2.24, 2.45) is 0 Å². The van der Waals surface area contributed by atoms with Crippen LogP contribution in [-0.4, -0.2) is 18.9 Å². The molecule has 5 heteroatoms. The molecule has 2 amide bonds. The van der Waals surface area contributed by atoms with E-state index < -0.39 is 0 Å². The van der Waals surface area contributed by atoms with Crippen molar-refractivity contribution in [2.45, 2.75) is 6.92 Å². The summed E-state index contributed by atoms with van der Waals surface area (Å²) < 4.78 is 5.13. The van der Waals surface area contributed by atoms with E-state index in [-0.39, 0.29) is 11.8 Å². The molecule has 0 saturated heterocycles. The summed E-state index contributed by atoms with van der Waals surface area (Å²) in [6.07, 6.45) is 0. The minimum atomic E-state index is -0.245. The summed E-state index contributed by atoms with van der Waals surface area (Å²) >= 11 is 0. The average Bonchev–Trinajstić information content (AvgIpc) is 2.68. The third kappa shape index (κ3) is 4.73. The Morgan fingerprint density at radius 3 is 2.11 bits per heavy atom. The van der Waals surface area contributed by atoms with Crippen LogP contribution in [0, 0.1) is 6.92 Å². The number of amides is 2. The maximum atomic E-state index is 12.3. The molecule has 0 aliphatic rings. The zero-order valence-corrected chi connectivity index (χ0v) is 15.2. The van der Waals surface area contributed by atoms with Crippen molar-refractivity contribution >= 4 is 23.2 Å². The third-order valence-electron chi connectivity index (χ3n) is 4.01. The molecule has 0 saturated carbocycles. The molecule has 5 nitrogen and oxygen atoms in total. The van der Waals surface area contributed by atoms with Crippen molar-refractivity contribution in [3.63, 3.8) is 0 Å². The normalized spacial score (nSPS) is 10.1. The van der Waals surface area contributed by atoms with E-state index in [4.69, 9.17) is 4.74 Å². The standard InChI is InChI=1S/C22H20N2O3/c1-15-5-3-7-19(13-15)24-21(25)16-9-11-18(12-10-16)23-22(26)17-6-4-8-20(14-17)27-2/h3-14H,1-2H3,(H,23,26)(H,24,25). The number of nitrogens with one attached hydrogen (secondary N) is 2. The van der Waals surface area contributed by atoms with Crippen LogP contribution < -0.4 is 15.4 Å². The highest BCUT2D eigenvalue weighted by Crippen LogP contribution is 2.17. The molecule has 136 valence electrons. The van der Waals surface area contributed by atoms with Gasteiger partial charge in [-0.3, -0.25) is 9.59 Å². The zero-order valence-electron chi connectivity index (χ0n) is 15.2. The smallest absolute Gasteiger partial charge is 0.255 e. The van der Waals surface area contributed by atoms with Crippen LogP contribution in [0.2, 0.25) is 0 Å². The van der Waals surface area contributed by atoms with Crippen LogP contribution in [0.4, 0.5) is 11.4 Å². The summed E-state index contributed by atoms with van der Waals surface area (Å²) in [5, 5.41) is 5.66. The fourth-order valence-electron chi connectivity index (χ4n) is 2.60. The van der Waals surface area contributed by atoms with Crippen LogP contribution in [0.1, 0.15) is 26.3 Å². The highest BCUT2D eigenvalue weighted by molar-refractivity contribution is 6.06. The van der Waals surface area contributed by atoms with E-state index in [1.165, 1.54) is 0 Å². The largest absolute Gasteiger partial charge is 0.497 e. The summed E-state index contributed by atoms with van der Waals surface area (Å²) in [6, 6.07) is 21.3. The molecule has 0 spiro atoms. The zero-order chi connectivity index (χ0) is 19.2. The number of hydrogen-bond donors (Lipinski definition) is 2. The molecule has 2 N–H and O–H groups in total. The molecule has 3 rings (SSSR count). The number of anilines is 2. The van der Waals surface area contributed by atoms with Gasteiger partial charge in [0, 0.05) is 22.5 Å². The van der Waals surface area contributed by atoms with E-state index in [2.05, 4.69) is 10.6 Å². The fourth-order valence-corrected chi connectivity index (χ4v) is 2.60. The van der Waals surface area contributed by atoms with Gasteiger partial charge in [0.15, 0.2) is 0 Å². The average molecular weight is 360 g/mol. The second-order valence-electron chi connectivity index (χ2n) is 6.09. The van der Waals surface area contributed by atoms with Crippen molar-refractivity contribution in [1.82, 2.24) is 0 Å². The Labute approximate surface area is 158 Å². The molecule has 3 aromatic carbocycles. The highest BCUT2D eigenvalue weighted by atomic mass is 16.5. The van der Waals surface area contributed by atoms with Gasteiger partial charge in [-0.15, -0.1) is 0 Å². The first-order chi connectivity index (χ1) is 13.0. The Hall–Kier alpha value is -3.60. The molecule has 0 aliphatic heterocycles. The minimum absolute atomic E-state index is 0.203. The molecule has 27 heavy (non-hydrogen) atoms. The predicted molar refractivity (Wildman–Crippen MR) is 107 cm³/mol. The van der Waals surface area contributed by atoms with Crippen molar-refractivity contribution in [1.29, 1.82) is 0 Å². The van der Waals surface area contributed by atoms with Crippen LogP contribution in [-0.2, 0) is 0 Å². The summed E-state index contributed by atoms with van der Waals surface area (Å²) in [6.45, 7) is 1.97. The Balaban J connectivity index is 1.66. The summed E-state index contributed by atoms with van der Waals surface area (Å²) in [4.78, 5) is 24.7. The number of benzene rings is 3. The number of aryl methyl sites for hydroxylation is 1. The van der Waals surface area contributed by atoms with Crippen molar-refractivity contribution < 1.29 is 14.3 Å². The second kappa shape index (κ2) is 8.19. The lowest BCUT2D eigenvalue weighted by atomic mass is 10.1. The minimum Gasteiger partial charge on any atom is -0.497 e. The number of hydrogen-bond acceptors (Lipinski definition) is 3. The van der Waals surface area contributed by atoms with Gasteiger partial charge in [0.1, 0.15) is 5.75 Å². The van der Waals surface area contributed by atoms with E-state index in [1.807, 2.05) is 31.2 Å². The molecular weight excluding hydrogens is 340 g/mol. The number of carbonyl (C=O) groups excluding carboxylic acids is 2. The first-order valence-electron chi connectivity index (χ1n) is 8.48. The van der Waals surface area contributed by atoms with Crippen LogP contribution in [0.25, 0.3) is 0 Å². The van der Waals surface area contributed by atoms with Crippen LogP contribution in [0.15, 0.2) is 72.8 Å². The molecule has 0 radical (unpaired) electrons. The topological polar surface area (TPSA) is 67.4 Å². The predicted octanol–water partition coefficient (Wildman–Crippen LogP) is 4.51. The highest BCUT2D eigenvalue weighted by Gasteiger charge is 2.09. The Bertz CT molecular complexity index is 965. The molecule has 0 fully saturated rings. The van der Waals surface area contributed by atoms with E-state index in [0.717, 1.165) is 11.3 Å². The molecule has 0 heterocycles. The third-order valence-corrected chi connectivity index (χ3v) is 4.01. The first kappa shape index (κ1) is 18.2. The molecular formula is C22H20N2O3. The summed E-state index contributed by atoms with van der Waals surface area (Å²) in [5.41, 5.74) is 3.43. The van der Waals surface area contributed by atoms with Crippen molar-refractivity contribution in [3.8, 4) is 5.75 Å². The summed E-state index contributed by atoms with van der Waals surface area (Å²) in [5.74, 6) is 0.169. The molecule has 0 aliphatic carbocycles. The van der Waals surface area contributed by atoms with Crippen LogP contribution in [0.5, 0.6) is 5.75 Å². The summed E-state index contributed by atoms with van der Waals surface area (Å²) in [7, 11) is 1.55. The van der Waals surface area contributed by atoms with Gasteiger partial charge in [0.05, 0.1) is 7.11 Å². The van der Waals surface area contributed by atoms with Gasteiger partial charge in [-0.1, -0.05) is 18.2 Å². The Kier molecular flexibility index (Phi) is 5.52. The van der Waals surface area contributed by atoms with E-state index >= 15 is 0 Å². The lowest BCUT2D eigenvalue weighted by molar-refractivity contribution is 0.101. The van der Waals surface area contributed by atoms with Crippen molar-refractivity contribution in [2.75, 3.05) is 17.7 Å². The quantitative estimate of drug-likeness (QED) is 0.703. The van der Waals surface area contributed by atoms with Gasteiger partial charge in [-0.25, -0.2) is 0 Å². The molecule has 0 unspecified atom stereocenters. The van der Waals surface area contributed by atoms with Crippen LogP contribution >= 0.6 is 0 Å². The van der Waals surface area contributed by atoms with Gasteiger partial charge in [-0.05, 0) is 67.1 Å². The van der Waals surface area contributed by atoms with Crippen LogP contribution in [0.3, 0.4) is 0 Å². The Morgan fingerprint density at radius 1 is 0.741 bits per heavy atom. The van der Waals surface area contributed by atoms with Gasteiger partial charge in [-0.2, -0.15) is 0 Å². The van der Waals surface area contributed by atoms with E-state index in [0.29, 0.717) is 22.6 Å². The van der Waals surface area contributed by atoms with Crippen molar-refractivity contribution in [3.05, 3.63) is 89.5 Å². The maximum Gasteiger partial charge on any atom is 0.255 e. The molecule has 3 aromatic rings. The van der Waals surface area contributed by atoms with Gasteiger partial charge in [0.25, 0.3) is 11.8 Å². The van der Waals surface area contributed by atoms with Gasteiger partial charge < -0.3 is 15.4 Å². The monoisotopic (exact) mass is 360 g/mol. The Morgan fingerprint density at radius 2 is 1.41 bits per heavy atom. The molecule has 0 aromatic heterocycles.